The molecule has 0 aromatic heterocycles. The topological polar surface area (TPSA) is 55.4 Å². The number of carbonyl (C=O) groups excluding carboxylic acids is 2. The lowest BCUT2D eigenvalue weighted by atomic mass is 10.1. The number of hydrogen-bond acceptors (Lipinski definition) is 3. The van der Waals surface area contributed by atoms with Gasteiger partial charge in [-0.25, -0.2) is 9.18 Å². The molecule has 0 spiro atoms. The predicted octanol–water partition coefficient (Wildman–Crippen LogP) is 3.18. The van der Waals surface area contributed by atoms with Crippen molar-refractivity contribution in [1.82, 2.24) is 0 Å². The van der Waals surface area contributed by atoms with E-state index in [1.54, 1.807) is 18.2 Å². The minimum absolute atomic E-state index is 0.313. The largest absolute Gasteiger partial charge is 0.452 e. The number of aryl methyl sites for hydroxylation is 1. The van der Waals surface area contributed by atoms with Gasteiger partial charge in [-0.2, -0.15) is 0 Å². The summed E-state index contributed by atoms with van der Waals surface area (Å²) in [6.45, 7) is 1.59. The summed E-state index contributed by atoms with van der Waals surface area (Å²) in [4.78, 5) is 23.4. The first kappa shape index (κ1) is 15.7. The fourth-order valence-corrected chi connectivity index (χ4v) is 1.85. The Morgan fingerprint density at radius 3 is 2.50 bits per heavy atom. The van der Waals surface area contributed by atoms with Crippen molar-refractivity contribution < 1.29 is 18.7 Å². The van der Waals surface area contributed by atoms with Crippen molar-refractivity contribution in [2.45, 2.75) is 13.3 Å². The average Bonchev–Trinajstić information content (AvgIpc) is 2.52. The number of amides is 1. The molecule has 0 aliphatic carbocycles. The quantitative estimate of drug-likeness (QED) is 0.863. The maximum absolute atomic E-state index is 13.0. The summed E-state index contributed by atoms with van der Waals surface area (Å²) in [7, 11) is 0. The van der Waals surface area contributed by atoms with Crippen molar-refractivity contribution in [1.29, 1.82) is 0 Å². The number of esters is 1. The minimum Gasteiger partial charge on any atom is -0.452 e. The highest BCUT2D eigenvalue weighted by atomic mass is 19.1. The van der Waals surface area contributed by atoms with Crippen LogP contribution in [-0.4, -0.2) is 18.5 Å². The molecule has 1 N–H and O–H groups in total. The van der Waals surface area contributed by atoms with Crippen molar-refractivity contribution in [3.63, 3.8) is 0 Å². The van der Waals surface area contributed by atoms with Crippen LogP contribution in [0.3, 0.4) is 0 Å². The molecule has 0 saturated carbocycles. The number of benzene rings is 2. The zero-order valence-corrected chi connectivity index (χ0v) is 12.1. The monoisotopic (exact) mass is 301 g/mol. The van der Waals surface area contributed by atoms with E-state index in [-0.39, 0.29) is 0 Å². The summed E-state index contributed by atoms with van der Waals surface area (Å²) in [5, 5.41) is 2.45. The average molecular weight is 301 g/mol. The maximum Gasteiger partial charge on any atom is 0.338 e. The molecule has 2 aromatic rings. The lowest BCUT2D eigenvalue weighted by Crippen LogP contribution is -2.21. The second kappa shape index (κ2) is 7.36. The lowest BCUT2D eigenvalue weighted by Gasteiger charge is -2.07. The van der Waals surface area contributed by atoms with Gasteiger partial charge in [0.25, 0.3) is 5.91 Å². The SMILES string of the molecule is CCc1ccc(C(=O)OCC(=O)Nc2cccc(F)c2)cc1. The van der Waals surface area contributed by atoms with Crippen LogP contribution in [0, 0.1) is 5.82 Å². The van der Waals surface area contributed by atoms with Gasteiger partial charge in [0, 0.05) is 5.69 Å². The number of halogens is 1. The van der Waals surface area contributed by atoms with Gasteiger partial charge in [-0.05, 0) is 42.3 Å². The second-order valence-corrected chi connectivity index (χ2v) is 4.69. The van der Waals surface area contributed by atoms with Gasteiger partial charge in [0.15, 0.2) is 6.61 Å². The first-order valence-corrected chi connectivity index (χ1v) is 6.90. The molecule has 0 atom stereocenters. The van der Waals surface area contributed by atoms with E-state index in [0.717, 1.165) is 12.0 Å². The highest BCUT2D eigenvalue weighted by molar-refractivity contribution is 5.95. The van der Waals surface area contributed by atoms with Gasteiger partial charge in [-0.3, -0.25) is 4.79 Å². The molecule has 0 bridgehead atoms. The van der Waals surface area contributed by atoms with Gasteiger partial charge in [-0.15, -0.1) is 0 Å². The van der Waals surface area contributed by atoms with E-state index in [2.05, 4.69) is 5.32 Å². The highest BCUT2D eigenvalue weighted by Crippen LogP contribution is 2.09. The molecule has 4 nitrogen and oxygen atoms in total. The third-order valence-corrected chi connectivity index (χ3v) is 3.04. The van der Waals surface area contributed by atoms with Crippen molar-refractivity contribution in [2.75, 3.05) is 11.9 Å². The molecule has 5 heteroatoms. The summed E-state index contributed by atoms with van der Waals surface area (Å²) >= 11 is 0. The van der Waals surface area contributed by atoms with E-state index in [0.29, 0.717) is 11.3 Å². The van der Waals surface area contributed by atoms with E-state index in [9.17, 15) is 14.0 Å². The molecular formula is C17H16FNO3. The summed E-state index contributed by atoms with van der Waals surface area (Å²) in [6, 6.07) is 12.5. The molecule has 0 unspecified atom stereocenters. The predicted molar refractivity (Wildman–Crippen MR) is 81.1 cm³/mol. The van der Waals surface area contributed by atoms with Crippen LogP contribution in [0.1, 0.15) is 22.8 Å². The molecule has 0 radical (unpaired) electrons. The van der Waals surface area contributed by atoms with Crippen LogP contribution >= 0.6 is 0 Å². The van der Waals surface area contributed by atoms with Gasteiger partial charge < -0.3 is 10.1 Å². The van der Waals surface area contributed by atoms with Gasteiger partial charge in [-0.1, -0.05) is 25.1 Å². The Balaban J connectivity index is 1.86. The Hall–Kier alpha value is -2.69. The first-order chi connectivity index (χ1) is 10.6. The third-order valence-electron chi connectivity index (χ3n) is 3.04. The van der Waals surface area contributed by atoms with Crippen LogP contribution in [0.15, 0.2) is 48.5 Å². The molecule has 22 heavy (non-hydrogen) atoms. The van der Waals surface area contributed by atoms with E-state index in [1.165, 1.54) is 18.2 Å². The Morgan fingerprint density at radius 2 is 1.86 bits per heavy atom. The zero-order valence-electron chi connectivity index (χ0n) is 12.1. The van der Waals surface area contributed by atoms with Crippen molar-refractivity contribution in [3.05, 3.63) is 65.5 Å². The van der Waals surface area contributed by atoms with Crippen LogP contribution in [0.2, 0.25) is 0 Å². The van der Waals surface area contributed by atoms with Crippen molar-refractivity contribution >= 4 is 17.6 Å². The Morgan fingerprint density at radius 1 is 1.14 bits per heavy atom. The Labute approximate surface area is 127 Å². The van der Waals surface area contributed by atoms with E-state index in [1.807, 2.05) is 19.1 Å². The number of hydrogen-bond donors (Lipinski definition) is 1. The summed E-state index contributed by atoms with van der Waals surface area (Å²) in [5.41, 5.74) is 1.81. The van der Waals surface area contributed by atoms with Crippen molar-refractivity contribution in [2.24, 2.45) is 0 Å². The van der Waals surface area contributed by atoms with Gasteiger partial charge in [0.1, 0.15) is 5.82 Å². The van der Waals surface area contributed by atoms with E-state index in [4.69, 9.17) is 4.74 Å². The first-order valence-electron chi connectivity index (χ1n) is 6.90. The Kier molecular flexibility index (Phi) is 5.25. The van der Waals surface area contributed by atoms with Gasteiger partial charge in [0.2, 0.25) is 0 Å². The van der Waals surface area contributed by atoms with Crippen LogP contribution in [0.5, 0.6) is 0 Å². The van der Waals surface area contributed by atoms with Crippen LogP contribution in [0.4, 0.5) is 10.1 Å². The maximum atomic E-state index is 13.0. The molecule has 2 aromatic carbocycles. The standard InChI is InChI=1S/C17H16FNO3/c1-2-12-6-8-13(9-7-12)17(21)22-11-16(20)19-15-5-3-4-14(18)10-15/h3-10H,2,11H2,1H3,(H,19,20). The normalized spacial score (nSPS) is 10.1. The van der Waals surface area contributed by atoms with Crippen LogP contribution in [0.25, 0.3) is 0 Å². The molecule has 0 aliphatic rings. The number of nitrogens with one attached hydrogen (secondary N) is 1. The fraction of sp³-hybridized carbons (Fsp3) is 0.176. The number of ether oxygens (including phenoxy) is 1. The summed E-state index contributed by atoms with van der Waals surface area (Å²) < 4.78 is 17.9. The summed E-state index contributed by atoms with van der Waals surface area (Å²) in [6.07, 6.45) is 0.880. The van der Waals surface area contributed by atoms with Gasteiger partial charge in [0.05, 0.1) is 5.56 Å². The van der Waals surface area contributed by atoms with Gasteiger partial charge >= 0.3 is 5.97 Å². The lowest BCUT2D eigenvalue weighted by molar-refractivity contribution is -0.119. The number of anilines is 1. The third kappa shape index (κ3) is 4.41. The molecule has 0 saturated heterocycles. The van der Waals surface area contributed by atoms with Crippen molar-refractivity contribution in [3.8, 4) is 0 Å². The molecule has 0 heterocycles. The highest BCUT2D eigenvalue weighted by Gasteiger charge is 2.10. The zero-order chi connectivity index (χ0) is 15.9. The molecule has 1 amide bonds. The molecule has 2 rings (SSSR count). The van der Waals surface area contributed by atoms with E-state index < -0.39 is 24.3 Å². The molecule has 0 aliphatic heterocycles. The second-order valence-electron chi connectivity index (χ2n) is 4.69. The van der Waals surface area contributed by atoms with Crippen LogP contribution in [-0.2, 0) is 16.0 Å². The molecule has 0 fully saturated rings. The van der Waals surface area contributed by atoms with E-state index >= 15 is 0 Å². The number of carbonyl (C=O) groups is 2. The smallest absolute Gasteiger partial charge is 0.338 e. The molecular weight excluding hydrogens is 285 g/mol. The summed E-state index contributed by atoms with van der Waals surface area (Å²) in [5.74, 6) is -1.55. The number of rotatable bonds is 5. The minimum atomic E-state index is -0.572. The fourth-order valence-electron chi connectivity index (χ4n) is 1.85. The molecule has 114 valence electrons. The van der Waals surface area contributed by atoms with Crippen LogP contribution < -0.4 is 5.32 Å². The Bertz CT molecular complexity index is 668.